The van der Waals surface area contributed by atoms with Gasteiger partial charge in [0.1, 0.15) is 0 Å². The molecular formula is C15H27AsNOPS2. The second-order valence-corrected chi connectivity index (χ2v) is 21.6. The summed E-state index contributed by atoms with van der Waals surface area (Å²) in [5.41, 5.74) is 0. The van der Waals surface area contributed by atoms with Gasteiger partial charge in [0.05, 0.1) is 0 Å². The number of hydrogen-bond donors (Lipinski definition) is 0. The SMILES string of the molecule is CCN(CC)P(=S)(S[As](CC)CC)c1ccc(OC)cc1. The summed E-state index contributed by atoms with van der Waals surface area (Å²) in [5.74, 6) is 0.908. The second-order valence-electron chi connectivity index (χ2n) is 4.55. The summed E-state index contributed by atoms with van der Waals surface area (Å²) in [6.45, 7) is 11.2. The van der Waals surface area contributed by atoms with Gasteiger partial charge in [-0.1, -0.05) is 0 Å². The number of nitrogens with zero attached hydrogens (tertiary/aromatic N) is 1. The van der Waals surface area contributed by atoms with Crippen LogP contribution in [0.3, 0.4) is 0 Å². The van der Waals surface area contributed by atoms with E-state index in [4.69, 9.17) is 16.5 Å². The van der Waals surface area contributed by atoms with Crippen LogP contribution in [-0.4, -0.2) is 38.4 Å². The zero-order valence-electron chi connectivity index (χ0n) is 13.7. The van der Waals surface area contributed by atoms with Crippen molar-refractivity contribution in [3.63, 3.8) is 0 Å². The van der Waals surface area contributed by atoms with E-state index in [9.17, 15) is 0 Å². The Labute approximate surface area is 143 Å². The molecule has 0 aliphatic rings. The first-order chi connectivity index (χ1) is 10.0. The fourth-order valence-electron chi connectivity index (χ4n) is 2.12. The molecule has 1 aromatic carbocycles. The van der Waals surface area contributed by atoms with Gasteiger partial charge in [-0.3, -0.25) is 0 Å². The molecule has 0 heterocycles. The molecule has 21 heavy (non-hydrogen) atoms. The van der Waals surface area contributed by atoms with Crippen LogP contribution in [0.1, 0.15) is 27.7 Å². The van der Waals surface area contributed by atoms with E-state index in [1.54, 1.807) is 7.11 Å². The fraction of sp³-hybridized carbons (Fsp3) is 0.600. The molecule has 0 radical (unpaired) electrons. The van der Waals surface area contributed by atoms with Crippen LogP contribution < -0.4 is 10.0 Å². The first-order valence-electron chi connectivity index (χ1n) is 7.50. The van der Waals surface area contributed by atoms with Crippen LogP contribution in [0.2, 0.25) is 10.4 Å². The Balaban J connectivity index is 3.19. The van der Waals surface area contributed by atoms with Crippen molar-refractivity contribution in [3.8, 4) is 5.75 Å². The number of methoxy groups -OCH3 is 1. The van der Waals surface area contributed by atoms with Crippen LogP contribution in [0.15, 0.2) is 24.3 Å². The Hall–Kier alpha value is 0.538. The number of rotatable bonds is 9. The maximum atomic E-state index is 6.27. The van der Waals surface area contributed by atoms with Gasteiger partial charge >= 0.3 is 143 Å². The van der Waals surface area contributed by atoms with Gasteiger partial charge in [-0.25, -0.2) is 0 Å². The molecule has 0 aliphatic carbocycles. The van der Waals surface area contributed by atoms with Crippen molar-refractivity contribution in [2.45, 2.75) is 38.1 Å². The van der Waals surface area contributed by atoms with Gasteiger partial charge in [0.2, 0.25) is 0 Å². The zero-order valence-corrected chi connectivity index (χ0v) is 18.1. The Morgan fingerprint density at radius 2 is 1.62 bits per heavy atom. The van der Waals surface area contributed by atoms with Crippen molar-refractivity contribution in [1.29, 1.82) is 0 Å². The third-order valence-electron chi connectivity index (χ3n) is 3.43. The normalized spacial score (nSPS) is 14.4. The van der Waals surface area contributed by atoms with Crippen molar-refractivity contribution in [1.82, 2.24) is 4.67 Å². The minimum absolute atomic E-state index is 0.873. The van der Waals surface area contributed by atoms with Gasteiger partial charge in [0.25, 0.3) is 0 Å². The summed E-state index contributed by atoms with van der Waals surface area (Å²) in [5, 5.41) is 2.27. The van der Waals surface area contributed by atoms with Crippen molar-refractivity contribution >= 4 is 45.6 Å². The molecule has 0 amide bonds. The average molecular weight is 407 g/mol. The molecule has 0 saturated carbocycles. The Bertz CT molecular complexity index is 461. The van der Waals surface area contributed by atoms with E-state index in [0.29, 0.717) is 0 Å². The van der Waals surface area contributed by atoms with Gasteiger partial charge in [0, 0.05) is 0 Å². The zero-order chi connectivity index (χ0) is 15.9. The van der Waals surface area contributed by atoms with Crippen molar-refractivity contribution in [2.75, 3.05) is 20.2 Å². The first-order valence-corrected chi connectivity index (χ1v) is 16.6. The van der Waals surface area contributed by atoms with Gasteiger partial charge in [-0.15, -0.1) is 0 Å². The Morgan fingerprint density at radius 3 is 2.00 bits per heavy atom. The second kappa shape index (κ2) is 9.63. The van der Waals surface area contributed by atoms with E-state index in [2.05, 4.69) is 66.3 Å². The van der Waals surface area contributed by atoms with E-state index in [0.717, 1.165) is 18.8 Å². The van der Waals surface area contributed by atoms with E-state index >= 15 is 0 Å². The minimum atomic E-state index is -1.71. The molecule has 0 spiro atoms. The number of benzene rings is 1. The molecule has 0 N–H and O–H groups in total. The van der Waals surface area contributed by atoms with E-state index in [1.165, 1.54) is 15.7 Å². The molecule has 0 bridgehead atoms. The fourth-order valence-corrected chi connectivity index (χ4v) is 28.2. The molecule has 2 nitrogen and oxygen atoms in total. The predicted octanol–water partition coefficient (Wildman–Crippen LogP) is 4.74. The van der Waals surface area contributed by atoms with Gasteiger partial charge in [-0.05, 0) is 0 Å². The standard InChI is InChI=1S/C15H27AsNOPS2/c1-6-16(7-2)21-19(20,17(8-3)9-4)15-12-10-14(18-5)11-13-15/h10-13H,6-9H2,1-5H3. The summed E-state index contributed by atoms with van der Waals surface area (Å²) in [6.07, 6.45) is 0. The van der Waals surface area contributed by atoms with Gasteiger partial charge < -0.3 is 0 Å². The first kappa shape index (κ1) is 19.6. The summed E-state index contributed by atoms with van der Waals surface area (Å²) < 4.78 is 7.80. The predicted molar refractivity (Wildman–Crippen MR) is 104 cm³/mol. The molecule has 0 aromatic heterocycles. The van der Waals surface area contributed by atoms with Crippen molar-refractivity contribution in [2.24, 2.45) is 0 Å². The molecule has 1 atom stereocenters. The van der Waals surface area contributed by atoms with Gasteiger partial charge in [-0.2, -0.15) is 0 Å². The Kier molecular flexibility index (Phi) is 8.98. The topological polar surface area (TPSA) is 12.5 Å². The van der Waals surface area contributed by atoms with Crippen LogP contribution in [0, 0.1) is 0 Å². The third-order valence-corrected chi connectivity index (χ3v) is 27.5. The molecule has 1 unspecified atom stereocenters. The van der Waals surface area contributed by atoms with Crippen LogP contribution in [-0.2, 0) is 11.8 Å². The molecule has 0 saturated heterocycles. The van der Waals surface area contributed by atoms with Gasteiger partial charge in [0.15, 0.2) is 0 Å². The van der Waals surface area contributed by atoms with E-state index < -0.39 is 18.9 Å². The van der Waals surface area contributed by atoms with Crippen molar-refractivity contribution < 1.29 is 4.74 Å². The summed E-state index contributed by atoms with van der Waals surface area (Å²) in [6, 6.07) is 8.47. The molecule has 6 heteroatoms. The quantitative estimate of drug-likeness (QED) is 0.433. The monoisotopic (exact) mass is 407 g/mol. The number of ether oxygens (including phenoxy) is 1. The molecule has 1 aromatic rings. The summed E-state index contributed by atoms with van der Waals surface area (Å²) in [7, 11) is 3.88. The van der Waals surface area contributed by atoms with Crippen LogP contribution in [0.5, 0.6) is 5.75 Å². The van der Waals surface area contributed by atoms with E-state index in [-0.39, 0.29) is 0 Å². The molecule has 0 aliphatic heterocycles. The molecule has 0 fully saturated rings. The van der Waals surface area contributed by atoms with Crippen molar-refractivity contribution in [3.05, 3.63) is 24.3 Å². The van der Waals surface area contributed by atoms with Crippen LogP contribution in [0.25, 0.3) is 0 Å². The third kappa shape index (κ3) is 5.01. The molecule has 1 rings (SSSR count). The maximum absolute atomic E-state index is 6.27. The number of hydrogen-bond acceptors (Lipinski definition) is 3. The van der Waals surface area contributed by atoms with E-state index in [1.807, 2.05) is 0 Å². The molecule has 120 valence electrons. The van der Waals surface area contributed by atoms with Crippen LogP contribution in [0.4, 0.5) is 0 Å². The van der Waals surface area contributed by atoms with Crippen LogP contribution >= 0.6 is 15.0 Å². The summed E-state index contributed by atoms with van der Waals surface area (Å²) in [4.78, 5) is 0. The molecular weight excluding hydrogens is 380 g/mol. The summed E-state index contributed by atoms with van der Waals surface area (Å²) >= 11 is 5.40. The Morgan fingerprint density at radius 1 is 1.10 bits per heavy atom. The average Bonchev–Trinajstić information content (AvgIpc) is 2.53.